The molecule has 1 saturated carbocycles. The number of hydrogen-bond donors (Lipinski definition) is 0. The smallest absolute Gasteiger partial charge is 0.219 e. The van der Waals surface area contributed by atoms with Crippen LogP contribution in [0.4, 0.5) is 0 Å². The molecule has 5 nitrogen and oxygen atoms in total. The van der Waals surface area contributed by atoms with Crippen molar-refractivity contribution in [2.24, 2.45) is 5.92 Å². The zero-order chi connectivity index (χ0) is 13.3. The molecule has 2 rings (SSSR count). The van der Waals surface area contributed by atoms with Crippen LogP contribution in [0.25, 0.3) is 0 Å². The summed E-state index contributed by atoms with van der Waals surface area (Å²) in [6, 6.07) is 0. The normalized spacial score (nSPS) is 20.8. The van der Waals surface area contributed by atoms with Gasteiger partial charge in [0.1, 0.15) is 10.0 Å². The topological polar surface area (TPSA) is 51.0 Å². The maximum atomic E-state index is 11.1. The number of aryl methyl sites for hydroxylation is 1. The lowest BCUT2D eigenvalue weighted by Crippen LogP contribution is -2.23. The largest absolute Gasteiger partial charge is 0.340 e. The summed E-state index contributed by atoms with van der Waals surface area (Å²) in [6.07, 6.45) is 3.61. The summed E-state index contributed by atoms with van der Waals surface area (Å²) >= 11 is 11.9. The number of halogens is 2. The molecule has 0 saturated heterocycles. The van der Waals surface area contributed by atoms with Crippen LogP contribution in [0.3, 0.4) is 0 Å². The maximum Gasteiger partial charge on any atom is 0.219 e. The van der Waals surface area contributed by atoms with E-state index in [9.17, 15) is 4.79 Å². The third-order valence-electron chi connectivity index (χ3n) is 3.19. The second-order valence-corrected chi connectivity index (χ2v) is 6.34. The van der Waals surface area contributed by atoms with E-state index in [4.69, 9.17) is 23.2 Å². The van der Waals surface area contributed by atoms with E-state index >= 15 is 0 Å². The second-order valence-electron chi connectivity index (χ2n) is 4.80. The number of carbonyl (C=O) groups is 1. The highest BCUT2D eigenvalue weighted by Gasteiger charge is 2.50. The molecule has 7 heteroatoms. The molecule has 0 spiro atoms. The Bertz CT molecular complexity index is 446. The minimum atomic E-state index is -0.530. The van der Waals surface area contributed by atoms with E-state index < -0.39 is 4.33 Å². The third kappa shape index (κ3) is 3.36. The summed E-state index contributed by atoms with van der Waals surface area (Å²) in [5, 5.41) is 8.04. The molecule has 0 bridgehead atoms. The monoisotopic (exact) mass is 290 g/mol. The Morgan fingerprint density at radius 1 is 1.67 bits per heavy atom. The fourth-order valence-corrected chi connectivity index (χ4v) is 2.34. The highest BCUT2D eigenvalue weighted by atomic mass is 35.5. The predicted octanol–water partition coefficient (Wildman–Crippen LogP) is 1.84. The van der Waals surface area contributed by atoms with Gasteiger partial charge in [-0.1, -0.05) is 5.21 Å². The number of aromatic nitrogens is 3. The van der Waals surface area contributed by atoms with Crippen LogP contribution >= 0.6 is 23.2 Å². The summed E-state index contributed by atoms with van der Waals surface area (Å²) in [4.78, 5) is 12.7. The van der Waals surface area contributed by atoms with Crippen LogP contribution < -0.4 is 0 Å². The van der Waals surface area contributed by atoms with Crippen molar-refractivity contribution in [2.45, 2.75) is 37.2 Å². The summed E-state index contributed by atoms with van der Waals surface area (Å²) < 4.78 is 1.24. The zero-order valence-corrected chi connectivity index (χ0v) is 11.9. The fourth-order valence-electron chi connectivity index (χ4n) is 1.75. The van der Waals surface area contributed by atoms with Crippen LogP contribution in [0.1, 0.15) is 25.5 Å². The summed E-state index contributed by atoms with van der Waals surface area (Å²) in [5.74, 6) is 0.366. The molecule has 0 aromatic carbocycles. The van der Waals surface area contributed by atoms with Crippen molar-refractivity contribution in [1.82, 2.24) is 19.9 Å². The van der Waals surface area contributed by atoms with Gasteiger partial charge in [-0.05, 0) is 18.8 Å². The highest BCUT2D eigenvalue weighted by molar-refractivity contribution is 6.50. The number of hydrogen-bond acceptors (Lipinski definition) is 3. The van der Waals surface area contributed by atoms with Crippen molar-refractivity contribution in [3.63, 3.8) is 0 Å². The van der Waals surface area contributed by atoms with E-state index in [0.717, 1.165) is 25.1 Å². The third-order valence-corrected chi connectivity index (χ3v) is 4.11. The molecular formula is C11H16Cl2N4O. The number of nitrogens with zero attached hydrogens (tertiary/aromatic N) is 4. The van der Waals surface area contributed by atoms with Gasteiger partial charge in [0, 0.05) is 20.5 Å². The van der Waals surface area contributed by atoms with Crippen LogP contribution in [0.2, 0.25) is 0 Å². The first-order chi connectivity index (χ1) is 8.38. The van der Waals surface area contributed by atoms with Crippen molar-refractivity contribution in [3.05, 3.63) is 11.9 Å². The molecule has 1 atom stereocenters. The minimum absolute atomic E-state index is 0.0107. The summed E-state index contributed by atoms with van der Waals surface area (Å²) in [5.41, 5.74) is 0.784. The molecule has 0 radical (unpaired) electrons. The van der Waals surface area contributed by atoms with E-state index in [2.05, 4.69) is 10.3 Å². The van der Waals surface area contributed by atoms with Gasteiger partial charge in [-0.15, -0.1) is 28.3 Å². The molecule has 1 amide bonds. The predicted molar refractivity (Wildman–Crippen MR) is 69.3 cm³/mol. The van der Waals surface area contributed by atoms with Crippen molar-refractivity contribution in [1.29, 1.82) is 0 Å². The van der Waals surface area contributed by atoms with Crippen molar-refractivity contribution >= 4 is 29.1 Å². The van der Waals surface area contributed by atoms with Gasteiger partial charge in [-0.2, -0.15) is 0 Å². The summed E-state index contributed by atoms with van der Waals surface area (Å²) in [7, 11) is 1.74. The Labute approximate surface area is 116 Å². The van der Waals surface area contributed by atoms with Crippen molar-refractivity contribution in [2.75, 3.05) is 7.05 Å². The lowest BCUT2D eigenvalue weighted by Gasteiger charge is -2.11. The first-order valence-electron chi connectivity index (χ1n) is 5.87. The molecule has 1 fully saturated rings. The molecule has 1 aromatic heterocycles. The Hall–Kier alpha value is -0.810. The molecule has 0 N–H and O–H groups in total. The van der Waals surface area contributed by atoms with Crippen LogP contribution in [0, 0.1) is 5.92 Å². The first-order valence-corrected chi connectivity index (χ1v) is 6.62. The molecule has 1 unspecified atom stereocenters. The number of carbonyl (C=O) groups excluding carboxylic acids is 1. The van der Waals surface area contributed by atoms with E-state index in [1.54, 1.807) is 16.6 Å². The Balaban J connectivity index is 1.81. The lowest BCUT2D eigenvalue weighted by molar-refractivity contribution is -0.128. The molecule has 1 heterocycles. The average Bonchev–Trinajstić information content (AvgIpc) is 2.71. The molecule has 0 aliphatic heterocycles. The van der Waals surface area contributed by atoms with Gasteiger partial charge in [0.15, 0.2) is 0 Å². The van der Waals surface area contributed by atoms with Crippen molar-refractivity contribution in [3.8, 4) is 0 Å². The van der Waals surface area contributed by atoms with Crippen LogP contribution in [0.15, 0.2) is 6.20 Å². The quantitative estimate of drug-likeness (QED) is 0.778. The van der Waals surface area contributed by atoms with Crippen LogP contribution in [-0.4, -0.2) is 37.2 Å². The number of alkyl halides is 2. The van der Waals surface area contributed by atoms with Crippen molar-refractivity contribution < 1.29 is 4.79 Å². The highest BCUT2D eigenvalue weighted by Crippen LogP contribution is 2.54. The van der Waals surface area contributed by atoms with Crippen LogP contribution in [0.5, 0.6) is 0 Å². The molecular weight excluding hydrogens is 275 g/mol. The molecule has 1 aliphatic carbocycles. The van der Waals surface area contributed by atoms with Gasteiger partial charge in [0.2, 0.25) is 5.91 Å². The van der Waals surface area contributed by atoms with E-state index in [-0.39, 0.29) is 5.91 Å². The van der Waals surface area contributed by atoms with Crippen LogP contribution in [-0.2, 0) is 17.9 Å². The van der Waals surface area contributed by atoms with Gasteiger partial charge in [-0.3, -0.25) is 9.48 Å². The summed E-state index contributed by atoms with van der Waals surface area (Å²) in [6.45, 7) is 2.76. The number of amides is 1. The van der Waals surface area contributed by atoms with E-state index in [1.165, 1.54) is 6.92 Å². The first kappa shape index (κ1) is 13.6. The van der Waals surface area contributed by atoms with Gasteiger partial charge in [-0.25, -0.2) is 0 Å². The standard InChI is InChI=1S/C11H16Cl2N4O/c1-8(18)16(2)6-10-7-17(15-14-10)4-3-9-5-11(9,12)13/h7,9H,3-6H2,1-2H3. The fraction of sp³-hybridized carbons (Fsp3) is 0.727. The Morgan fingerprint density at radius 3 is 2.89 bits per heavy atom. The van der Waals surface area contributed by atoms with Gasteiger partial charge < -0.3 is 4.90 Å². The Kier molecular flexibility index (Phi) is 3.82. The van der Waals surface area contributed by atoms with E-state index in [1.807, 2.05) is 6.20 Å². The molecule has 100 valence electrons. The molecule has 18 heavy (non-hydrogen) atoms. The number of rotatable bonds is 5. The Morgan fingerprint density at radius 2 is 2.33 bits per heavy atom. The van der Waals surface area contributed by atoms with Gasteiger partial charge >= 0.3 is 0 Å². The average molecular weight is 291 g/mol. The second kappa shape index (κ2) is 5.05. The maximum absolute atomic E-state index is 11.1. The molecule has 1 aromatic rings. The SMILES string of the molecule is CC(=O)N(C)Cc1cn(CCC2CC2(Cl)Cl)nn1. The van der Waals surface area contributed by atoms with Gasteiger partial charge in [0.05, 0.1) is 12.7 Å². The van der Waals surface area contributed by atoms with E-state index in [0.29, 0.717) is 12.5 Å². The minimum Gasteiger partial charge on any atom is -0.340 e. The molecule has 1 aliphatic rings. The lowest BCUT2D eigenvalue weighted by atomic mass is 10.3. The van der Waals surface area contributed by atoms with Gasteiger partial charge in [0.25, 0.3) is 0 Å². The zero-order valence-electron chi connectivity index (χ0n) is 10.4.